The number of fused-ring (bicyclic) bond motifs is 3. The molecule has 0 unspecified atom stereocenters. The summed E-state index contributed by atoms with van der Waals surface area (Å²) in [6, 6.07) is 1.10. The van der Waals surface area contributed by atoms with Crippen LogP contribution in [-0.4, -0.2) is 43.3 Å². The largest absolute Gasteiger partial charge is 0.401 e. The summed E-state index contributed by atoms with van der Waals surface area (Å²) in [5.41, 5.74) is -3.53. The highest BCUT2D eigenvalue weighted by Gasteiger charge is 2.60. The number of amides is 2. The van der Waals surface area contributed by atoms with Crippen LogP contribution < -0.4 is 10.2 Å². The lowest BCUT2D eigenvalue weighted by Crippen LogP contribution is -2.46. The van der Waals surface area contributed by atoms with Crippen LogP contribution in [0.4, 0.5) is 38.3 Å². The van der Waals surface area contributed by atoms with Gasteiger partial charge in [-0.15, -0.1) is 0 Å². The molecule has 0 aliphatic carbocycles. The van der Waals surface area contributed by atoms with Crippen LogP contribution in [0.2, 0.25) is 5.15 Å². The van der Waals surface area contributed by atoms with Crippen molar-refractivity contribution in [2.45, 2.75) is 24.9 Å². The zero-order valence-electron chi connectivity index (χ0n) is 15.0. The molecule has 0 spiro atoms. The summed E-state index contributed by atoms with van der Waals surface area (Å²) in [7, 11) is 0. The van der Waals surface area contributed by atoms with E-state index in [1.165, 1.54) is 6.07 Å². The van der Waals surface area contributed by atoms with Crippen molar-refractivity contribution in [2.24, 2.45) is 0 Å². The summed E-state index contributed by atoms with van der Waals surface area (Å²) >= 11 is 5.82. The smallest absolute Gasteiger partial charge is 0.292 e. The number of alkyl halides is 5. The highest BCUT2D eigenvalue weighted by Crippen LogP contribution is 2.50. The minimum Gasteiger partial charge on any atom is -0.292 e. The molecule has 1 aliphatic rings. The first kappa shape index (κ1) is 20.2. The van der Waals surface area contributed by atoms with Crippen molar-refractivity contribution in [3.8, 4) is 0 Å². The van der Waals surface area contributed by atoms with Crippen LogP contribution in [0, 0.1) is 0 Å². The molecule has 158 valence electrons. The summed E-state index contributed by atoms with van der Waals surface area (Å²) in [6.07, 6.45) is -5.75. The standard InChI is InChI=1S/C16H11ClF5N7O/c1-15(16(20,21)22)5-28(8-4-23-11-3-9(17)27-29(11)12(8)15)14(30)26-10-2-7(13(18)19)24-6-25-10/h2-4,6,13H,5H2,1H3,(H,24,25,26,30)/t15-/m1/s1. The lowest BCUT2D eigenvalue weighted by Gasteiger charge is -2.28. The average molecular weight is 448 g/mol. The van der Waals surface area contributed by atoms with E-state index in [1.807, 2.05) is 0 Å². The third-order valence-corrected chi connectivity index (χ3v) is 4.92. The van der Waals surface area contributed by atoms with Crippen LogP contribution >= 0.6 is 11.6 Å². The molecule has 0 aromatic carbocycles. The molecule has 0 radical (unpaired) electrons. The highest BCUT2D eigenvalue weighted by atomic mass is 35.5. The minimum absolute atomic E-state index is 0.0659. The quantitative estimate of drug-likeness (QED) is 0.600. The van der Waals surface area contributed by atoms with Crippen molar-refractivity contribution in [3.63, 3.8) is 0 Å². The van der Waals surface area contributed by atoms with Gasteiger partial charge in [-0.25, -0.2) is 33.0 Å². The Hall–Kier alpha value is -3.09. The first-order chi connectivity index (χ1) is 14.0. The molecule has 0 saturated carbocycles. The number of aromatic nitrogens is 5. The van der Waals surface area contributed by atoms with Crippen molar-refractivity contribution >= 4 is 34.8 Å². The second-order valence-electron chi connectivity index (χ2n) is 6.70. The van der Waals surface area contributed by atoms with E-state index >= 15 is 0 Å². The molecule has 3 aromatic heterocycles. The number of anilines is 2. The van der Waals surface area contributed by atoms with Gasteiger partial charge >= 0.3 is 12.2 Å². The van der Waals surface area contributed by atoms with Crippen molar-refractivity contribution in [3.05, 3.63) is 41.2 Å². The van der Waals surface area contributed by atoms with Crippen LogP contribution in [0.15, 0.2) is 24.7 Å². The molecule has 1 atom stereocenters. The number of halogens is 6. The molecule has 30 heavy (non-hydrogen) atoms. The second-order valence-corrected chi connectivity index (χ2v) is 7.09. The Bertz CT molecular complexity index is 1150. The van der Waals surface area contributed by atoms with Crippen LogP contribution in [0.5, 0.6) is 0 Å². The molecule has 0 saturated heterocycles. The SMILES string of the molecule is C[C@@]1(C(F)(F)F)CN(C(=O)Nc2cc(C(F)F)ncn2)c2cnc3cc(Cl)nn3c21. The van der Waals surface area contributed by atoms with Gasteiger partial charge in [0.2, 0.25) is 0 Å². The van der Waals surface area contributed by atoms with E-state index in [9.17, 15) is 26.7 Å². The first-order valence-electron chi connectivity index (χ1n) is 8.31. The lowest BCUT2D eigenvalue weighted by atomic mass is 9.88. The number of urea groups is 1. The van der Waals surface area contributed by atoms with E-state index in [0.717, 1.165) is 34.9 Å². The number of carbonyl (C=O) groups is 1. The molecular formula is C16H11ClF5N7O. The van der Waals surface area contributed by atoms with Crippen molar-refractivity contribution in [1.29, 1.82) is 0 Å². The third-order valence-electron chi connectivity index (χ3n) is 4.74. The molecule has 0 bridgehead atoms. The predicted octanol–water partition coefficient (Wildman–Crippen LogP) is 3.98. The van der Waals surface area contributed by atoms with Crippen molar-refractivity contribution in [2.75, 3.05) is 16.8 Å². The van der Waals surface area contributed by atoms with E-state index in [4.69, 9.17) is 11.6 Å². The maximum Gasteiger partial charge on any atom is 0.401 e. The van der Waals surface area contributed by atoms with E-state index in [2.05, 4.69) is 25.4 Å². The molecule has 14 heteroatoms. The fourth-order valence-electron chi connectivity index (χ4n) is 3.23. The second kappa shape index (κ2) is 6.72. The van der Waals surface area contributed by atoms with E-state index < -0.39 is 36.3 Å². The van der Waals surface area contributed by atoms with Gasteiger partial charge in [0.15, 0.2) is 10.8 Å². The predicted molar refractivity (Wildman–Crippen MR) is 94.8 cm³/mol. The Balaban J connectivity index is 1.77. The molecule has 4 heterocycles. The number of hydrogen-bond acceptors (Lipinski definition) is 5. The van der Waals surface area contributed by atoms with E-state index in [1.54, 1.807) is 0 Å². The van der Waals surface area contributed by atoms with Gasteiger partial charge in [0.25, 0.3) is 6.43 Å². The van der Waals surface area contributed by atoms with Gasteiger partial charge in [0, 0.05) is 18.7 Å². The third kappa shape index (κ3) is 3.09. The van der Waals surface area contributed by atoms with Gasteiger partial charge in [-0.3, -0.25) is 10.2 Å². The van der Waals surface area contributed by atoms with Crippen LogP contribution in [0.1, 0.15) is 24.7 Å². The van der Waals surface area contributed by atoms with Gasteiger partial charge in [0.05, 0.1) is 17.6 Å². The van der Waals surface area contributed by atoms with Gasteiger partial charge in [-0.2, -0.15) is 18.3 Å². The topological polar surface area (TPSA) is 88.3 Å². The fraction of sp³-hybridized carbons (Fsp3) is 0.312. The van der Waals surface area contributed by atoms with Crippen molar-refractivity contribution in [1.82, 2.24) is 24.6 Å². The summed E-state index contributed by atoms with van der Waals surface area (Å²) < 4.78 is 68.6. The monoisotopic (exact) mass is 447 g/mol. The average Bonchev–Trinajstić information content (AvgIpc) is 3.19. The number of rotatable bonds is 2. The zero-order chi connectivity index (χ0) is 21.8. The van der Waals surface area contributed by atoms with Crippen LogP contribution in [0.25, 0.3) is 5.65 Å². The number of carbonyl (C=O) groups excluding carboxylic acids is 1. The molecule has 0 fully saturated rings. The van der Waals surface area contributed by atoms with Gasteiger partial charge in [0.1, 0.15) is 23.3 Å². The Kier molecular flexibility index (Phi) is 4.52. The maximum atomic E-state index is 14.0. The Morgan fingerprint density at radius 2 is 2.00 bits per heavy atom. The van der Waals surface area contributed by atoms with E-state index in [-0.39, 0.29) is 28.0 Å². The summed E-state index contributed by atoms with van der Waals surface area (Å²) in [4.78, 5) is 24.5. The summed E-state index contributed by atoms with van der Waals surface area (Å²) in [6.45, 7) is 0.135. The summed E-state index contributed by atoms with van der Waals surface area (Å²) in [5, 5.41) is 6.01. The Morgan fingerprint density at radius 3 is 2.67 bits per heavy atom. The normalized spacial score (nSPS) is 18.9. The molecule has 4 rings (SSSR count). The van der Waals surface area contributed by atoms with Gasteiger partial charge < -0.3 is 0 Å². The van der Waals surface area contributed by atoms with Gasteiger partial charge in [-0.1, -0.05) is 11.6 Å². The number of nitrogens with zero attached hydrogens (tertiary/aromatic N) is 6. The van der Waals surface area contributed by atoms with Crippen LogP contribution in [0.3, 0.4) is 0 Å². The lowest BCUT2D eigenvalue weighted by molar-refractivity contribution is -0.181. The number of hydrogen-bond donors (Lipinski definition) is 1. The zero-order valence-corrected chi connectivity index (χ0v) is 15.7. The molecule has 2 amide bonds. The summed E-state index contributed by atoms with van der Waals surface area (Å²) in [5.74, 6) is -0.288. The molecular weight excluding hydrogens is 437 g/mol. The van der Waals surface area contributed by atoms with E-state index in [0.29, 0.717) is 0 Å². The van der Waals surface area contributed by atoms with Gasteiger partial charge in [-0.05, 0) is 6.92 Å². The molecule has 3 aromatic rings. The molecule has 8 nitrogen and oxygen atoms in total. The minimum atomic E-state index is -4.75. The Labute approximate surface area is 169 Å². The number of nitrogens with one attached hydrogen (secondary N) is 1. The maximum absolute atomic E-state index is 14.0. The fourth-order valence-corrected chi connectivity index (χ4v) is 3.40. The first-order valence-corrected chi connectivity index (χ1v) is 8.69. The van der Waals surface area contributed by atoms with Crippen molar-refractivity contribution < 1.29 is 26.7 Å². The highest BCUT2D eigenvalue weighted by molar-refractivity contribution is 6.29. The Morgan fingerprint density at radius 1 is 1.27 bits per heavy atom. The molecule has 1 aliphatic heterocycles. The molecule has 1 N–H and O–H groups in total. The van der Waals surface area contributed by atoms with Crippen LogP contribution in [-0.2, 0) is 5.41 Å².